The number of benzene rings is 1. The van der Waals surface area contributed by atoms with Crippen LogP contribution in [0.5, 0.6) is 11.5 Å². The number of aromatic amines is 1. The molecule has 128 valence electrons. The number of fused-ring (bicyclic) bond motifs is 1. The maximum atomic E-state index is 12.6. The summed E-state index contributed by atoms with van der Waals surface area (Å²) < 4.78 is 12.6. The van der Waals surface area contributed by atoms with E-state index >= 15 is 0 Å². The number of aromatic nitrogens is 2. The summed E-state index contributed by atoms with van der Waals surface area (Å²) in [6.45, 7) is 6.00. The second-order valence-electron chi connectivity index (χ2n) is 5.88. The van der Waals surface area contributed by atoms with E-state index in [1.54, 1.807) is 26.0 Å². The van der Waals surface area contributed by atoms with E-state index in [1.165, 1.54) is 0 Å². The van der Waals surface area contributed by atoms with Crippen LogP contribution in [-0.4, -0.2) is 29.0 Å². The van der Waals surface area contributed by atoms with Crippen molar-refractivity contribution in [2.75, 3.05) is 14.2 Å². The van der Waals surface area contributed by atoms with Crippen LogP contribution >= 0.6 is 11.8 Å². The summed E-state index contributed by atoms with van der Waals surface area (Å²) in [7, 11) is 3.24. The number of thioether (sulfide) groups is 1. The van der Waals surface area contributed by atoms with Gasteiger partial charge < -0.3 is 9.47 Å². The molecule has 1 aliphatic heterocycles. The molecule has 1 aromatic carbocycles. The number of hydrogen-bond donors (Lipinski definition) is 1. The number of nitrogens with zero attached hydrogens (tertiary/aromatic N) is 2. The van der Waals surface area contributed by atoms with Crippen molar-refractivity contribution in [2.24, 2.45) is 4.99 Å². The van der Waals surface area contributed by atoms with Gasteiger partial charge in [0.15, 0.2) is 5.82 Å². The van der Waals surface area contributed by atoms with Gasteiger partial charge in [-0.2, -0.15) is 0 Å². The van der Waals surface area contributed by atoms with Gasteiger partial charge in [-0.3, -0.25) is 14.6 Å². The number of hydrogen-bond acceptors (Lipinski definition) is 5. The van der Waals surface area contributed by atoms with E-state index in [0.717, 1.165) is 16.4 Å². The largest absolute Gasteiger partial charge is 0.497 e. The van der Waals surface area contributed by atoms with Gasteiger partial charge in [0.2, 0.25) is 0 Å². The molecule has 1 atom stereocenters. The van der Waals surface area contributed by atoms with Crippen molar-refractivity contribution in [3.8, 4) is 11.5 Å². The van der Waals surface area contributed by atoms with Crippen molar-refractivity contribution in [2.45, 2.75) is 32.1 Å². The van der Waals surface area contributed by atoms with Gasteiger partial charge in [0.25, 0.3) is 5.56 Å². The molecule has 1 aliphatic rings. The SMILES string of the molecule is COc1ccc([C@@H]2SC(C)=Nc3c2c(=O)[nH]n3C(C)C)c(OC)c1. The fourth-order valence-corrected chi connectivity index (χ4v) is 3.97. The molecule has 0 spiro atoms. The van der Waals surface area contributed by atoms with E-state index in [0.29, 0.717) is 17.1 Å². The molecule has 1 N–H and O–H groups in total. The first-order valence-electron chi connectivity index (χ1n) is 7.74. The Labute approximate surface area is 144 Å². The number of H-pyrrole nitrogens is 1. The molecule has 2 aromatic rings. The average Bonchev–Trinajstić information content (AvgIpc) is 2.90. The third-order valence-corrected chi connectivity index (χ3v) is 5.15. The topological polar surface area (TPSA) is 68.6 Å². The van der Waals surface area contributed by atoms with Gasteiger partial charge in [-0.25, -0.2) is 4.99 Å². The molecule has 0 saturated heterocycles. The Morgan fingerprint density at radius 3 is 2.67 bits per heavy atom. The normalized spacial score (nSPS) is 16.8. The van der Waals surface area contributed by atoms with Gasteiger partial charge in [-0.15, -0.1) is 0 Å². The summed E-state index contributed by atoms with van der Waals surface area (Å²) in [5.74, 6) is 2.12. The first kappa shape index (κ1) is 16.7. The molecule has 0 saturated carbocycles. The minimum Gasteiger partial charge on any atom is -0.497 e. The van der Waals surface area contributed by atoms with Crippen molar-refractivity contribution in [1.82, 2.24) is 9.78 Å². The molecule has 1 aromatic heterocycles. The lowest BCUT2D eigenvalue weighted by Gasteiger charge is -2.23. The molecule has 3 rings (SSSR count). The summed E-state index contributed by atoms with van der Waals surface area (Å²) in [6.07, 6.45) is 0. The van der Waals surface area contributed by atoms with Gasteiger partial charge in [-0.05, 0) is 26.8 Å². The highest BCUT2D eigenvalue weighted by molar-refractivity contribution is 8.14. The molecule has 0 radical (unpaired) electrons. The number of rotatable bonds is 4. The zero-order chi connectivity index (χ0) is 17.4. The fraction of sp³-hybridized carbons (Fsp3) is 0.412. The van der Waals surface area contributed by atoms with E-state index in [2.05, 4.69) is 10.1 Å². The maximum Gasteiger partial charge on any atom is 0.271 e. The van der Waals surface area contributed by atoms with Crippen LogP contribution in [0.25, 0.3) is 0 Å². The van der Waals surface area contributed by atoms with E-state index in [1.807, 2.05) is 43.7 Å². The molecule has 0 amide bonds. The van der Waals surface area contributed by atoms with Crippen LogP contribution in [0.15, 0.2) is 28.0 Å². The van der Waals surface area contributed by atoms with Crippen LogP contribution in [0.1, 0.15) is 43.2 Å². The molecule has 2 heterocycles. The minimum atomic E-state index is -0.165. The Morgan fingerprint density at radius 2 is 2.04 bits per heavy atom. The van der Waals surface area contributed by atoms with Crippen LogP contribution < -0.4 is 15.0 Å². The van der Waals surface area contributed by atoms with E-state index in [9.17, 15) is 4.79 Å². The zero-order valence-electron chi connectivity index (χ0n) is 14.4. The molecule has 24 heavy (non-hydrogen) atoms. The predicted molar refractivity (Wildman–Crippen MR) is 97.2 cm³/mol. The van der Waals surface area contributed by atoms with Gasteiger partial charge in [0, 0.05) is 17.7 Å². The Morgan fingerprint density at radius 1 is 1.29 bits per heavy atom. The van der Waals surface area contributed by atoms with Crippen molar-refractivity contribution >= 4 is 22.6 Å². The van der Waals surface area contributed by atoms with Crippen molar-refractivity contribution in [3.05, 3.63) is 39.7 Å². The molecule has 6 nitrogen and oxygen atoms in total. The monoisotopic (exact) mass is 347 g/mol. The molecule has 0 unspecified atom stereocenters. The fourth-order valence-electron chi connectivity index (χ4n) is 2.84. The number of aliphatic imine (C=N–C) groups is 1. The standard InChI is InChI=1S/C17H21N3O3S/c1-9(2)20-16-14(17(21)19-20)15(24-10(3)18-16)12-7-6-11(22-4)8-13(12)23-5/h6-9,15H,1-5H3,(H,19,21)/t15-/m0/s1. The first-order valence-corrected chi connectivity index (χ1v) is 8.62. The Kier molecular flexibility index (Phi) is 4.45. The third-order valence-electron chi connectivity index (χ3n) is 3.99. The molecular weight excluding hydrogens is 326 g/mol. The quantitative estimate of drug-likeness (QED) is 0.916. The molecular formula is C17H21N3O3S. The zero-order valence-corrected chi connectivity index (χ0v) is 15.2. The van der Waals surface area contributed by atoms with Gasteiger partial charge in [0.05, 0.1) is 30.1 Å². The molecule has 7 heteroatoms. The van der Waals surface area contributed by atoms with Gasteiger partial charge in [0.1, 0.15) is 11.5 Å². The highest BCUT2D eigenvalue weighted by Gasteiger charge is 2.32. The highest BCUT2D eigenvalue weighted by Crippen LogP contribution is 2.47. The summed E-state index contributed by atoms with van der Waals surface area (Å²) in [5, 5.41) is 3.66. The molecule has 0 fully saturated rings. The van der Waals surface area contributed by atoms with Crippen LogP contribution in [0.3, 0.4) is 0 Å². The van der Waals surface area contributed by atoms with Gasteiger partial charge in [-0.1, -0.05) is 17.8 Å². The summed E-state index contributed by atoms with van der Waals surface area (Å²) >= 11 is 1.56. The van der Waals surface area contributed by atoms with Crippen LogP contribution in [0.4, 0.5) is 5.82 Å². The number of ether oxygens (including phenoxy) is 2. The summed E-state index contributed by atoms with van der Waals surface area (Å²) in [4.78, 5) is 17.2. The molecule has 0 aliphatic carbocycles. The first-order chi connectivity index (χ1) is 11.5. The lowest BCUT2D eigenvalue weighted by atomic mass is 10.0. The summed E-state index contributed by atoms with van der Waals surface area (Å²) in [5.41, 5.74) is 1.50. The maximum absolute atomic E-state index is 12.6. The van der Waals surface area contributed by atoms with Gasteiger partial charge >= 0.3 is 0 Å². The Hall–Kier alpha value is -2.15. The van der Waals surface area contributed by atoms with Crippen LogP contribution in [0.2, 0.25) is 0 Å². The Balaban J connectivity index is 2.19. The minimum absolute atomic E-state index is 0.106. The smallest absolute Gasteiger partial charge is 0.271 e. The Bertz CT molecular complexity index is 851. The average molecular weight is 347 g/mol. The number of methoxy groups -OCH3 is 2. The lowest BCUT2D eigenvalue weighted by Crippen LogP contribution is -2.14. The number of nitrogens with one attached hydrogen (secondary N) is 1. The lowest BCUT2D eigenvalue weighted by molar-refractivity contribution is 0.391. The van der Waals surface area contributed by atoms with E-state index in [4.69, 9.17) is 9.47 Å². The highest BCUT2D eigenvalue weighted by atomic mass is 32.2. The summed E-state index contributed by atoms with van der Waals surface area (Å²) in [6, 6.07) is 5.79. The van der Waals surface area contributed by atoms with Crippen molar-refractivity contribution < 1.29 is 9.47 Å². The second-order valence-corrected chi connectivity index (χ2v) is 7.18. The van der Waals surface area contributed by atoms with Crippen molar-refractivity contribution in [1.29, 1.82) is 0 Å². The van der Waals surface area contributed by atoms with E-state index < -0.39 is 0 Å². The van der Waals surface area contributed by atoms with Crippen LogP contribution in [0, 0.1) is 0 Å². The third kappa shape index (κ3) is 2.73. The predicted octanol–water partition coefficient (Wildman–Crippen LogP) is 3.66. The van der Waals surface area contributed by atoms with Crippen LogP contribution in [-0.2, 0) is 0 Å². The van der Waals surface area contributed by atoms with Crippen molar-refractivity contribution in [3.63, 3.8) is 0 Å². The second kappa shape index (κ2) is 6.39. The van der Waals surface area contributed by atoms with E-state index in [-0.39, 0.29) is 16.9 Å². The molecule has 0 bridgehead atoms.